The molecule has 162 valence electrons. The third-order valence-corrected chi connectivity index (χ3v) is 6.80. The second-order valence-corrected chi connectivity index (χ2v) is 8.14. The summed E-state index contributed by atoms with van der Waals surface area (Å²) in [6.07, 6.45) is 2.56. The summed E-state index contributed by atoms with van der Waals surface area (Å²) in [6, 6.07) is 4.26. The molecule has 1 saturated heterocycles. The van der Waals surface area contributed by atoms with E-state index in [9.17, 15) is 14.7 Å². The molecule has 0 unspecified atom stereocenters. The average Bonchev–Trinajstić information content (AvgIpc) is 3.18. The topological polar surface area (TPSA) is 85.3 Å². The van der Waals surface area contributed by atoms with Gasteiger partial charge in [0.15, 0.2) is 0 Å². The molecule has 1 aromatic rings. The summed E-state index contributed by atoms with van der Waals surface area (Å²) in [5, 5.41) is 12.5. The molecule has 1 N–H and O–H groups in total. The SMILES string of the molecule is COC(=O)N1c2ccc(OC)cc2[C@@]2(O)C3=C(C)[C@H]4COC(=O)[C@H]4[C@H]2C#C/C=C\C#C[C@@H]31. The molecule has 1 amide bonds. The number of carbonyl (C=O) groups excluding carboxylic acids is 2. The number of carbonyl (C=O) groups is 2. The van der Waals surface area contributed by atoms with Gasteiger partial charge in [0.05, 0.1) is 38.3 Å². The molecule has 32 heavy (non-hydrogen) atoms. The highest BCUT2D eigenvalue weighted by atomic mass is 16.5. The summed E-state index contributed by atoms with van der Waals surface area (Å²) in [5.74, 6) is 10.5. The largest absolute Gasteiger partial charge is 0.497 e. The van der Waals surface area contributed by atoms with Gasteiger partial charge < -0.3 is 19.3 Å². The summed E-state index contributed by atoms with van der Waals surface area (Å²) in [7, 11) is 2.82. The molecule has 0 aromatic heterocycles. The Morgan fingerprint density at radius 3 is 2.72 bits per heavy atom. The van der Waals surface area contributed by atoms with E-state index in [4.69, 9.17) is 14.2 Å². The number of fused-ring (bicyclic) bond motifs is 3. The van der Waals surface area contributed by atoms with Gasteiger partial charge in [-0.1, -0.05) is 29.3 Å². The van der Waals surface area contributed by atoms with Crippen LogP contribution < -0.4 is 9.64 Å². The third-order valence-electron chi connectivity index (χ3n) is 6.80. The van der Waals surface area contributed by atoms with Crippen molar-refractivity contribution in [3.63, 3.8) is 0 Å². The molecule has 2 heterocycles. The molecule has 2 aliphatic heterocycles. The fourth-order valence-corrected chi connectivity index (χ4v) is 5.37. The van der Waals surface area contributed by atoms with Gasteiger partial charge in [-0.05, 0) is 37.3 Å². The molecule has 0 saturated carbocycles. The van der Waals surface area contributed by atoms with Gasteiger partial charge in [-0.2, -0.15) is 0 Å². The molecule has 1 fully saturated rings. The highest BCUT2D eigenvalue weighted by Gasteiger charge is 2.62. The molecule has 5 atom stereocenters. The van der Waals surface area contributed by atoms with E-state index in [0.29, 0.717) is 22.6 Å². The normalized spacial score (nSPS) is 32.2. The van der Waals surface area contributed by atoms with Crippen LogP contribution in [-0.2, 0) is 19.9 Å². The second-order valence-electron chi connectivity index (χ2n) is 8.14. The number of ether oxygens (including phenoxy) is 3. The van der Waals surface area contributed by atoms with Crippen LogP contribution in [0.25, 0.3) is 0 Å². The number of cyclic esters (lactones) is 1. The summed E-state index contributed by atoms with van der Waals surface area (Å²) >= 11 is 0. The number of benzene rings is 1. The minimum Gasteiger partial charge on any atom is -0.497 e. The summed E-state index contributed by atoms with van der Waals surface area (Å²) in [5.41, 5.74) is 0.465. The number of methoxy groups -OCH3 is 2. The van der Waals surface area contributed by atoms with Crippen LogP contribution in [0.2, 0.25) is 0 Å². The Hall–Kier alpha value is -3.68. The quantitative estimate of drug-likeness (QED) is 0.417. The average molecular weight is 431 g/mol. The van der Waals surface area contributed by atoms with Crippen molar-refractivity contribution in [2.45, 2.75) is 18.6 Å². The Kier molecular flexibility index (Phi) is 4.54. The van der Waals surface area contributed by atoms with Crippen molar-refractivity contribution in [1.82, 2.24) is 0 Å². The zero-order valence-corrected chi connectivity index (χ0v) is 17.8. The minimum absolute atomic E-state index is 0.201. The van der Waals surface area contributed by atoms with E-state index in [1.54, 1.807) is 30.4 Å². The summed E-state index contributed by atoms with van der Waals surface area (Å²) < 4.78 is 15.9. The van der Waals surface area contributed by atoms with E-state index < -0.39 is 29.6 Å². The smallest absolute Gasteiger partial charge is 0.415 e. The van der Waals surface area contributed by atoms with Gasteiger partial charge >= 0.3 is 12.1 Å². The third kappa shape index (κ3) is 2.55. The van der Waals surface area contributed by atoms with E-state index in [0.717, 1.165) is 5.57 Å². The van der Waals surface area contributed by atoms with Gasteiger partial charge in [-0.3, -0.25) is 9.69 Å². The zero-order valence-electron chi connectivity index (χ0n) is 17.8. The Bertz CT molecular complexity index is 1220. The van der Waals surface area contributed by atoms with Gasteiger partial charge in [-0.15, -0.1) is 0 Å². The van der Waals surface area contributed by atoms with E-state index >= 15 is 0 Å². The molecule has 7 heteroatoms. The first kappa shape index (κ1) is 20.2. The number of hydrogen-bond donors (Lipinski definition) is 1. The van der Waals surface area contributed by atoms with Crippen molar-refractivity contribution in [2.75, 3.05) is 25.7 Å². The molecule has 7 nitrogen and oxygen atoms in total. The number of anilines is 1. The maximum Gasteiger partial charge on any atom is 0.415 e. The predicted octanol–water partition coefficient (Wildman–Crippen LogP) is 2.15. The zero-order chi connectivity index (χ0) is 22.6. The molecular formula is C25H21NO6. The number of hydrogen-bond acceptors (Lipinski definition) is 6. The van der Waals surface area contributed by atoms with Crippen LogP contribution >= 0.6 is 0 Å². The highest BCUT2D eigenvalue weighted by Crippen LogP contribution is 2.58. The first-order valence-electron chi connectivity index (χ1n) is 10.3. The van der Waals surface area contributed by atoms with Crippen molar-refractivity contribution in [1.29, 1.82) is 0 Å². The molecule has 0 spiro atoms. The van der Waals surface area contributed by atoms with E-state index in [1.807, 2.05) is 6.92 Å². The lowest BCUT2D eigenvalue weighted by atomic mass is 9.57. The standard InChI is InChI=1S/C25H21NO6/c1-14-16-13-32-23(27)21(16)17-8-6-4-5-7-9-20-22(14)25(17,29)18-12-15(30-2)10-11-19(18)26(20)24(28)31-3/h4-5,10-12,16-17,20-21,29H,13H2,1-3H3/b5-4-/t16-,17-,20+,21-,25-/m1/s1. The highest BCUT2D eigenvalue weighted by molar-refractivity contribution is 5.94. The van der Waals surface area contributed by atoms with Crippen LogP contribution in [0.15, 0.2) is 41.5 Å². The van der Waals surface area contributed by atoms with Crippen molar-refractivity contribution < 1.29 is 28.9 Å². The maximum atomic E-state index is 13.0. The molecule has 5 rings (SSSR count). The number of allylic oxidation sites excluding steroid dienone is 2. The monoisotopic (exact) mass is 431 g/mol. The molecular weight excluding hydrogens is 410 g/mol. The van der Waals surface area contributed by atoms with Crippen LogP contribution in [0.4, 0.5) is 10.5 Å². The van der Waals surface area contributed by atoms with Crippen LogP contribution in [0.1, 0.15) is 12.5 Å². The van der Waals surface area contributed by atoms with Crippen LogP contribution in [-0.4, -0.2) is 44.0 Å². The Labute approximate surface area is 185 Å². The molecule has 2 aliphatic carbocycles. The van der Waals surface area contributed by atoms with Crippen molar-refractivity contribution in [2.24, 2.45) is 17.8 Å². The minimum atomic E-state index is -1.68. The van der Waals surface area contributed by atoms with Crippen molar-refractivity contribution in [3.05, 3.63) is 47.1 Å². The Morgan fingerprint density at radius 2 is 2.00 bits per heavy atom. The molecule has 4 aliphatic rings. The van der Waals surface area contributed by atoms with Gasteiger partial charge in [0.2, 0.25) is 0 Å². The van der Waals surface area contributed by atoms with Gasteiger partial charge in [0.25, 0.3) is 0 Å². The first-order chi connectivity index (χ1) is 15.4. The molecule has 0 radical (unpaired) electrons. The number of aliphatic hydroxyl groups is 1. The van der Waals surface area contributed by atoms with Gasteiger partial charge in [-0.25, -0.2) is 4.79 Å². The van der Waals surface area contributed by atoms with Crippen molar-refractivity contribution >= 4 is 17.7 Å². The fourth-order valence-electron chi connectivity index (χ4n) is 5.37. The predicted molar refractivity (Wildman–Crippen MR) is 114 cm³/mol. The van der Waals surface area contributed by atoms with Crippen LogP contribution in [0, 0.1) is 41.4 Å². The first-order valence-corrected chi connectivity index (χ1v) is 10.3. The summed E-state index contributed by atoms with van der Waals surface area (Å²) in [4.78, 5) is 27.2. The summed E-state index contributed by atoms with van der Waals surface area (Å²) in [6.45, 7) is 2.06. The lowest BCUT2D eigenvalue weighted by molar-refractivity contribution is -0.144. The fraction of sp³-hybridized carbons (Fsp3) is 0.360. The maximum absolute atomic E-state index is 13.0. The Balaban J connectivity index is 1.92. The molecule has 1 aromatic carbocycles. The van der Waals surface area contributed by atoms with E-state index in [-0.39, 0.29) is 18.5 Å². The molecule has 4 bridgehead atoms. The number of esters is 1. The second kappa shape index (κ2) is 7.19. The van der Waals surface area contributed by atoms with Crippen LogP contribution in [0.3, 0.4) is 0 Å². The number of amides is 1. The van der Waals surface area contributed by atoms with Crippen LogP contribution in [0.5, 0.6) is 5.75 Å². The lowest BCUT2D eigenvalue weighted by Crippen LogP contribution is -2.58. The van der Waals surface area contributed by atoms with E-state index in [1.165, 1.54) is 19.1 Å². The van der Waals surface area contributed by atoms with E-state index in [2.05, 4.69) is 23.7 Å². The number of rotatable bonds is 1. The van der Waals surface area contributed by atoms with Gasteiger partial charge in [0, 0.05) is 17.1 Å². The Morgan fingerprint density at radius 1 is 1.25 bits per heavy atom. The van der Waals surface area contributed by atoms with Crippen molar-refractivity contribution in [3.8, 4) is 29.4 Å². The lowest BCUT2D eigenvalue weighted by Gasteiger charge is -2.52. The van der Waals surface area contributed by atoms with Gasteiger partial charge in [0.1, 0.15) is 17.4 Å². The number of nitrogens with zero attached hydrogens (tertiary/aromatic N) is 1.